The van der Waals surface area contributed by atoms with Crippen LogP contribution in [-0.4, -0.2) is 4.98 Å². The molecular formula is C10H4BrF4NS. The number of hydrogen-bond donors (Lipinski definition) is 0. The van der Waals surface area contributed by atoms with E-state index < -0.39 is 17.6 Å². The molecule has 90 valence electrons. The molecule has 0 spiro atoms. The molecule has 0 aliphatic rings. The third-order valence-corrected chi connectivity index (χ3v) is 3.41. The Hall–Kier alpha value is -0.950. The van der Waals surface area contributed by atoms with Gasteiger partial charge in [0.1, 0.15) is 5.82 Å². The van der Waals surface area contributed by atoms with Crippen molar-refractivity contribution in [3.63, 3.8) is 0 Å². The fourth-order valence-corrected chi connectivity index (χ4v) is 2.31. The van der Waals surface area contributed by atoms with Gasteiger partial charge in [-0.25, -0.2) is 9.37 Å². The van der Waals surface area contributed by atoms with Gasteiger partial charge < -0.3 is 0 Å². The van der Waals surface area contributed by atoms with Gasteiger partial charge in [-0.3, -0.25) is 0 Å². The fraction of sp³-hybridized carbons (Fsp3) is 0.100. The van der Waals surface area contributed by atoms with Crippen LogP contribution < -0.4 is 0 Å². The molecule has 7 heteroatoms. The molecule has 1 heterocycles. The van der Waals surface area contributed by atoms with E-state index >= 15 is 0 Å². The van der Waals surface area contributed by atoms with Crippen LogP contribution in [0.4, 0.5) is 17.6 Å². The minimum atomic E-state index is -4.68. The van der Waals surface area contributed by atoms with Crippen molar-refractivity contribution in [2.45, 2.75) is 6.18 Å². The molecule has 0 radical (unpaired) electrons. The van der Waals surface area contributed by atoms with E-state index in [0.29, 0.717) is 15.2 Å². The lowest BCUT2D eigenvalue weighted by molar-refractivity contribution is -0.139. The van der Waals surface area contributed by atoms with Crippen LogP contribution in [0.25, 0.3) is 11.3 Å². The highest BCUT2D eigenvalue weighted by Crippen LogP contribution is 2.34. The van der Waals surface area contributed by atoms with Crippen LogP contribution in [0.2, 0.25) is 0 Å². The molecule has 0 unspecified atom stereocenters. The Morgan fingerprint density at radius 2 is 1.94 bits per heavy atom. The summed E-state index contributed by atoms with van der Waals surface area (Å²) >= 11 is 4.40. The molecule has 1 aromatic carbocycles. The summed E-state index contributed by atoms with van der Waals surface area (Å²) in [5, 5.41) is 1.63. The van der Waals surface area contributed by atoms with Crippen molar-refractivity contribution in [3.05, 3.63) is 38.9 Å². The van der Waals surface area contributed by atoms with Gasteiger partial charge in [-0.1, -0.05) is 6.07 Å². The Labute approximate surface area is 106 Å². The van der Waals surface area contributed by atoms with Gasteiger partial charge in [0.25, 0.3) is 0 Å². The van der Waals surface area contributed by atoms with Crippen LogP contribution >= 0.6 is 27.3 Å². The van der Waals surface area contributed by atoms with Crippen molar-refractivity contribution < 1.29 is 17.6 Å². The normalized spacial score (nSPS) is 11.8. The maximum Gasteiger partial charge on any atom is 0.419 e. The van der Waals surface area contributed by atoms with E-state index in [4.69, 9.17) is 0 Å². The summed E-state index contributed by atoms with van der Waals surface area (Å²) in [6.07, 6.45) is -4.68. The molecule has 2 aromatic rings. The zero-order valence-electron chi connectivity index (χ0n) is 8.05. The van der Waals surface area contributed by atoms with Crippen molar-refractivity contribution in [2.24, 2.45) is 0 Å². The van der Waals surface area contributed by atoms with E-state index in [2.05, 4.69) is 20.9 Å². The summed E-state index contributed by atoms with van der Waals surface area (Å²) in [5.74, 6) is -1.29. The number of thiazole rings is 1. The summed E-state index contributed by atoms with van der Waals surface area (Å²) in [6, 6.07) is 2.76. The molecule has 0 amide bonds. The highest BCUT2D eigenvalue weighted by atomic mass is 79.9. The Morgan fingerprint density at radius 3 is 2.41 bits per heavy atom. The Balaban J connectivity index is 2.44. The van der Waals surface area contributed by atoms with Crippen molar-refractivity contribution >= 4 is 27.3 Å². The first-order valence-electron chi connectivity index (χ1n) is 4.36. The summed E-state index contributed by atoms with van der Waals surface area (Å²) in [7, 11) is 0. The Morgan fingerprint density at radius 1 is 1.24 bits per heavy atom. The van der Waals surface area contributed by atoms with Crippen LogP contribution in [0.1, 0.15) is 5.56 Å². The van der Waals surface area contributed by atoms with Gasteiger partial charge in [0.05, 0.1) is 11.3 Å². The molecular weight excluding hydrogens is 322 g/mol. The molecule has 0 aliphatic heterocycles. The Kier molecular flexibility index (Phi) is 3.22. The summed E-state index contributed by atoms with van der Waals surface area (Å²) in [6.45, 7) is 0. The van der Waals surface area contributed by atoms with Crippen LogP contribution in [0.3, 0.4) is 0 Å². The van der Waals surface area contributed by atoms with Gasteiger partial charge in [0.2, 0.25) is 0 Å². The van der Waals surface area contributed by atoms with Crippen molar-refractivity contribution in [1.29, 1.82) is 0 Å². The topological polar surface area (TPSA) is 12.9 Å². The van der Waals surface area contributed by atoms with E-state index in [-0.39, 0.29) is 0 Å². The second-order valence-corrected chi connectivity index (χ2v) is 5.31. The number of alkyl halides is 3. The minimum absolute atomic E-state index is 0.317. The summed E-state index contributed by atoms with van der Waals surface area (Å²) in [5.41, 5.74) is -0.512. The van der Waals surface area contributed by atoms with Gasteiger partial charge in [-0.05, 0) is 28.1 Å². The lowest BCUT2D eigenvalue weighted by atomic mass is 10.1. The monoisotopic (exact) mass is 325 g/mol. The average Bonchev–Trinajstić information content (AvgIpc) is 2.62. The van der Waals surface area contributed by atoms with E-state index in [9.17, 15) is 17.6 Å². The first-order chi connectivity index (χ1) is 7.88. The fourth-order valence-electron chi connectivity index (χ4n) is 1.29. The van der Waals surface area contributed by atoms with Gasteiger partial charge in [-0.2, -0.15) is 13.2 Å². The lowest BCUT2D eigenvalue weighted by Gasteiger charge is -2.08. The van der Waals surface area contributed by atoms with Gasteiger partial charge in [0, 0.05) is 10.9 Å². The highest BCUT2D eigenvalue weighted by molar-refractivity contribution is 9.11. The van der Waals surface area contributed by atoms with Crippen LogP contribution in [-0.2, 0) is 6.18 Å². The number of benzene rings is 1. The van der Waals surface area contributed by atoms with Crippen molar-refractivity contribution in [1.82, 2.24) is 4.98 Å². The van der Waals surface area contributed by atoms with Crippen LogP contribution in [0, 0.1) is 5.82 Å². The van der Waals surface area contributed by atoms with E-state index in [1.54, 1.807) is 5.38 Å². The molecule has 0 saturated carbocycles. The third-order valence-electron chi connectivity index (χ3n) is 2.05. The number of halogens is 5. The quantitative estimate of drug-likeness (QED) is 0.691. The average molecular weight is 326 g/mol. The minimum Gasteiger partial charge on any atom is -0.229 e. The molecule has 0 atom stereocenters. The number of rotatable bonds is 1. The standard InChI is InChI=1S/C10H4BrF4NS/c11-9-16-8(4-17-9)5-1-2-6(7(12)3-5)10(13,14)15/h1-4H. The lowest BCUT2D eigenvalue weighted by Crippen LogP contribution is -2.07. The van der Waals surface area contributed by atoms with Crippen LogP contribution in [0.5, 0.6) is 0 Å². The smallest absolute Gasteiger partial charge is 0.229 e. The first-order valence-corrected chi connectivity index (χ1v) is 6.03. The molecule has 1 aromatic heterocycles. The second-order valence-electron chi connectivity index (χ2n) is 3.18. The van der Waals surface area contributed by atoms with Crippen LogP contribution in [0.15, 0.2) is 27.5 Å². The molecule has 0 fully saturated rings. The third kappa shape index (κ3) is 2.66. The van der Waals surface area contributed by atoms with E-state index in [1.807, 2.05) is 0 Å². The maximum atomic E-state index is 13.3. The van der Waals surface area contributed by atoms with Gasteiger partial charge in [0.15, 0.2) is 3.92 Å². The predicted molar refractivity (Wildman–Crippen MR) is 60.2 cm³/mol. The summed E-state index contributed by atoms with van der Waals surface area (Å²) in [4.78, 5) is 4.00. The maximum absolute atomic E-state index is 13.3. The molecule has 2 rings (SSSR count). The largest absolute Gasteiger partial charge is 0.419 e. The highest BCUT2D eigenvalue weighted by Gasteiger charge is 2.34. The number of aromatic nitrogens is 1. The van der Waals surface area contributed by atoms with Gasteiger partial charge >= 0.3 is 6.18 Å². The molecule has 17 heavy (non-hydrogen) atoms. The molecule has 0 aliphatic carbocycles. The SMILES string of the molecule is Fc1cc(-c2csc(Br)n2)ccc1C(F)(F)F. The van der Waals surface area contributed by atoms with E-state index in [1.165, 1.54) is 17.4 Å². The zero-order valence-corrected chi connectivity index (χ0v) is 10.5. The summed E-state index contributed by atoms with van der Waals surface area (Å²) < 4.78 is 50.9. The number of hydrogen-bond acceptors (Lipinski definition) is 2. The zero-order chi connectivity index (χ0) is 12.6. The molecule has 0 bridgehead atoms. The Bertz CT molecular complexity index is 549. The molecule has 1 nitrogen and oxygen atoms in total. The van der Waals surface area contributed by atoms with E-state index in [0.717, 1.165) is 12.1 Å². The molecule has 0 saturated heterocycles. The predicted octanol–water partition coefficient (Wildman–Crippen LogP) is 4.73. The van der Waals surface area contributed by atoms with Crippen molar-refractivity contribution in [2.75, 3.05) is 0 Å². The second kappa shape index (κ2) is 4.38. The number of nitrogens with zero attached hydrogens (tertiary/aromatic N) is 1. The first kappa shape index (κ1) is 12.5. The molecule has 0 N–H and O–H groups in total. The van der Waals surface area contributed by atoms with Crippen molar-refractivity contribution in [3.8, 4) is 11.3 Å². The van der Waals surface area contributed by atoms with Gasteiger partial charge in [-0.15, -0.1) is 11.3 Å².